The van der Waals surface area contributed by atoms with Gasteiger partial charge in [-0.2, -0.15) is 0 Å². The number of benzene rings is 2. The first-order valence-electron chi connectivity index (χ1n) is 6.66. The molecule has 0 aromatic heterocycles. The lowest BCUT2D eigenvalue weighted by atomic mass is 10.1. The van der Waals surface area contributed by atoms with E-state index in [0.29, 0.717) is 6.42 Å². The van der Waals surface area contributed by atoms with Crippen LogP contribution in [0, 0.1) is 0 Å². The highest BCUT2D eigenvalue weighted by Crippen LogP contribution is 2.25. The Kier molecular flexibility index (Phi) is 4.41. The lowest BCUT2D eigenvalue weighted by Crippen LogP contribution is -2.09. The first kappa shape index (κ1) is 14.1. The van der Waals surface area contributed by atoms with E-state index in [4.69, 9.17) is 4.74 Å². The molecule has 0 spiro atoms. The number of nitrogens with zero attached hydrogens (tertiary/aromatic N) is 1. The topological polar surface area (TPSA) is 29.5 Å². The summed E-state index contributed by atoms with van der Waals surface area (Å²) in [5.74, 6) is 1.01. The zero-order valence-corrected chi connectivity index (χ0v) is 12.1. The van der Waals surface area contributed by atoms with Crippen LogP contribution in [0.3, 0.4) is 0 Å². The third kappa shape index (κ3) is 2.99. The number of carbonyl (C=O) groups is 1. The third-order valence-electron chi connectivity index (χ3n) is 3.36. The third-order valence-corrected chi connectivity index (χ3v) is 3.36. The molecule has 3 nitrogen and oxygen atoms in total. The molecule has 0 bridgehead atoms. The van der Waals surface area contributed by atoms with Crippen molar-refractivity contribution in [2.24, 2.45) is 0 Å². The quantitative estimate of drug-likeness (QED) is 0.767. The Labute approximate surface area is 119 Å². The van der Waals surface area contributed by atoms with E-state index in [0.717, 1.165) is 22.7 Å². The lowest BCUT2D eigenvalue weighted by molar-refractivity contribution is 0.0988. The summed E-state index contributed by atoms with van der Waals surface area (Å²) in [4.78, 5) is 13.7. The van der Waals surface area contributed by atoms with E-state index in [1.807, 2.05) is 62.5 Å². The van der Waals surface area contributed by atoms with Gasteiger partial charge in [-0.15, -0.1) is 0 Å². The fourth-order valence-electron chi connectivity index (χ4n) is 2.03. The van der Waals surface area contributed by atoms with E-state index < -0.39 is 0 Å². The Hall–Kier alpha value is -2.29. The molecule has 0 saturated heterocycles. The Morgan fingerprint density at radius 1 is 1.00 bits per heavy atom. The predicted molar refractivity (Wildman–Crippen MR) is 82.1 cm³/mol. The van der Waals surface area contributed by atoms with Crippen LogP contribution in [0.15, 0.2) is 48.5 Å². The first-order valence-corrected chi connectivity index (χ1v) is 6.66. The minimum Gasteiger partial charge on any atom is -0.497 e. The maximum atomic E-state index is 11.6. The maximum Gasteiger partial charge on any atom is 0.162 e. The van der Waals surface area contributed by atoms with Gasteiger partial charge in [0.15, 0.2) is 5.78 Å². The van der Waals surface area contributed by atoms with Gasteiger partial charge < -0.3 is 9.64 Å². The maximum absolute atomic E-state index is 11.6. The summed E-state index contributed by atoms with van der Waals surface area (Å²) in [6.07, 6.45) is 0.535. The molecule has 0 heterocycles. The summed E-state index contributed by atoms with van der Waals surface area (Å²) in [7, 11) is 3.65. The summed E-state index contributed by atoms with van der Waals surface area (Å²) in [6, 6.07) is 15.6. The monoisotopic (exact) mass is 269 g/mol. The van der Waals surface area contributed by atoms with Crippen LogP contribution >= 0.6 is 0 Å². The van der Waals surface area contributed by atoms with Crippen LogP contribution in [0.1, 0.15) is 23.7 Å². The van der Waals surface area contributed by atoms with Crippen molar-refractivity contribution >= 4 is 17.2 Å². The predicted octanol–water partition coefficient (Wildman–Crippen LogP) is 4.06. The highest BCUT2D eigenvalue weighted by atomic mass is 16.5. The Morgan fingerprint density at radius 2 is 1.50 bits per heavy atom. The standard InChI is InChI=1S/C17H19NO2/c1-4-17(19)13-5-7-14(8-6-13)18(2)15-9-11-16(20-3)12-10-15/h5-12H,4H2,1-3H3. The number of rotatable bonds is 5. The zero-order valence-electron chi connectivity index (χ0n) is 12.1. The molecule has 0 saturated carbocycles. The van der Waals surface area contributed by atoms with E-state index in [1.54, 1.807) is 7.11 Å². The van der Waals surface area contributed by atoms with Gasteiger partial charge in [0.05, 0.1) is 7.11 Å². The molecule has 0 atom stereocenters. The Morgan fingerprint density at radius 3 is 1.95 bits per heavy atom. The van der Waals surface area contributed by atoms with Crippen LogP contribution in [-0.4, -0.2) is 19.9 Å². The van der Waals surface area contributed by atoms with Crippen LogP contribution in [0.2, 0.25) is 0 Å². The second-order valence-electron chi connectivity index (χ2n) is 4.58. The van der Waals surface area contributed by atoms with Crippen molar-refractivity contribution in [3.05, 3.63) is 54.1 Å². The second-order valence-corrected chi connectivity index (χ2v) is 4.58. The summed E-state index contributed by atoms with van der Waals surface area (Å²) >= 11 is 0. The van der Waals surface area contributed by atoms with Crippen LogP contribution in [-0.2, 0) is 0 Å². The second kappa shape index (κ2) is 6.24. The molecule has 0 unspecified atom stereocenters. The smallest absolute Gasteiger partial charge is 0.162 e. The molecule has 0 aliphatic rings. The molecule has 2 rings (SSSR count). The van der Waals surface area contributed by atoms with Gasteiger partial charge >= 0.3 is 0 Å². The van der Waals surface area contributed by atoms with Gasteiger partial charge in [0.2, 0.25) is 0 Å². The number of ketones is 1. The van der Waals surface area contributed by atoms with Crippen molar-refractivity contribution in [3.63, 3.8) is 0 Å². The number of anilines is 2. The molecular formula is C17H19NO2. The number of ether oxygens (including phenoxy) is 1. The zero-order chi connectivity index (χ0) is 14.5. The van der Waals surface area contributed by atoms with Gasteiger partial charge in [-0.3, -0.25) is 4.79 Å². The Bertz CT molecular complexity index is 573. The molecule has 0 aliphatic carbocycles. The van der Waals surface area contributed by atoms with Gasteiger partial charge in [0, 0.05) is 30.4 Å². The molecule has 0 radical (unpaired) electrons. The van der Waals surface area contributed by atoms with Crippen molar-refractivity contribution in [1.82, 2.24) is 0 Å². The fraction of sp³-hybridized carbons (Fsp3) is 0.235. The molecule has 20 heavy (non-hydrogen) atoms. The summed E-state index contributed by atoms with van der Waals surface area (Å²) in [5.41, 5.74) is 2.88. The van der Waals surface area contributed by atoms with Crippen molar-refractivity contribution in [2.75, 3.05) is 19.1 Å². The molecule has 0 aliphatic heterocycles. The van der Waals surface area contributed by atoms with E-state index >= 15 is 0 Å². The number of Topliss-reactive ketones (excluding diaryl/α,β-unsaturated/α-hetero) is 1. The van der Waals surface area contributed by atoms with E-state index in [-0.39, 0.29) is 5.78 Å². The summed E-state index contributed by atoms with van der Waals surface area (Å²) in [6.45, 7) is 1.87. The molecule has 0 N–H and O–H groups in total. The molecule has 3 heteroatoms. The minimum atomic E-state index is 0.170. The van der Waals surface area contributed by atoms with Gasteiger partial charge in [-0.1, -0.05) is 6.92 Å². The highest BCUT2D eigenvalue weighted by molar-refractivity contribution is 5.96. The molecule has 2 aromatic rings. The molecule has 104 valence electrons. The minimum absolute atomic E-state index is 0.170. The van der Waals surface area contributed by atoms with Crippen LogP contribution < -0.4 is 9.64 Å². The van der Waals surface area contributed by atoms with Gasteiger partial charge in [-0.25, -0.2) is 0 Å². The summed E-state index contributed by atoms with van der Waals surface area (Å²) < 4.78 is 5.15. The number of methoxy groups -OCH3 is 1. The average molecular weight is 269 g/mol. The van der Waals surface area contributed by atoms with Crippen molar-refractivity contribution in [3.8, 4) is 5.75 Å². The van der Waals surface area contributed by atoms with Crippen molar-refractivity contribution in [2.45, 2.75) is 13.3 Å². The number of hydrogen-bond donors (Lipinski definition) is 0. The van der Waals surface area contributed by atoms with Crippen LogP contribution in [0.25, 0.3) is 0 Å². The van der Waals surface area contributed by atoms with Gasteiger partial charge in [0.1, 0.15) is 5.75 Å². The lowest BCUT2D eigenvalue weighted by Gasteiger charge is -2.20. The number of carbonyl (C=O) groups excluding carboxylic acids is 1. The highest BCUT2D eigenvalue weighted by Gasteiger charge is 2.06. The van der Waals surface area contributed by atoms with Crippen molar-refractivity contribution in [1.29, 1.82) is 0 Å². The van der Waals surface area contributed by atoms with Crippen molar-refractivity contribution < 1.29 is 9.53 Å². The van der Waals surface area contributed by atoms with Crippen LogP contribution in [0.4, 0.5) is 11.4 Å². The van der Waals surface area contributed by atoms with Gasteiger partial charge in [-0.05, 0) is 48.5 Å². The molecule has 2 aromatic carbocycles. The van der Waals surface area contributed by atoms with E-state index in [9.17, 15) is 4.79 Å². The molecule has 0 fully saturated rings. The van der Waals surface area contributed by atoms with E-state index in [2.05, 4.69) is 4.90 Å². The Balaban J connectivity index is 2.19. The molecule has 0 amide bonds. The molecular weight excluding hydrogens is 250 g/mol. The largest absolute Gasteiger partial charge is 0.497 e. The fourth-order valence-corrected chi connectivity index (χ4v) is 2.03. The average Bonchev–Trinajstić information content (AvgIpc) is 2.53. The van der Waals surface area contributed by atoms with E-state index in [1.165, 1.54) is 0 Å². The normalized spacial score (nSPS) is 10.2. The van der Waals surface area contributed by atoms with Crippen LogP contribution in [0.5, 0.6) is 5.75 Å². The van der Waals surface area contributed by atoms with Gasteiger partial charge in [0.25, 0.3) is 0 Å². The summed E-state index contributed by atoms with van der Waals surface area (Å²) in [5, 5.41) is 0. The SMILES string of the molecule is CCC(=O)c1ccc(N(C)c2ccc(OC)cc2)cc1. The number of hydrogen-bond acceptors (Lipinski definition) is 3. The first-order chi connectivity index (χ1) is 9.65.